The molecule has 1 N–H and O–H groups in total. The van der Waals surface area contributed by atoms with Crippen LogP contribution in [0.3, 0.4) is 0 Å². The summed E-state index contributed by atoms with van der Waals surface area (Å²) in [6.07, 6.45) is 3.41. The van der Waals surface area contributed by atoms with E-state index in [9.17, 15) is 4.79 Å². The van der Waals surface area contributed by atoms with Crippen molar-refractivity contribution >= 4 is 17.7 Å². The predicted molar refractivity (Wildman–Crippen MR) is 61.3 cm³/mol. The summed E-state index contributed by atoms with van der Waals surface area (Å²) >= 11 is 1.90. The lowest BCUT2D eigenvalue weighted by molar-refractivity contribution is 0.0675. The van der Waals surface area contributed by atoms with Gasteiger partial charge in [0.15, 0.2) is 11.4 Å². The van der Waals surface area contributed by atoms with Crippen molar-refractivity contribution in [2.24, 2.45) is 0 Å². The van der Waals surface area contributed by atoms with Gasteiger partial charge in [0.25, 0.3) is 0 Å². The van der Waals surface area contributed by atoms with Crippen LogP contribution >= 0.6 is 11.8 Å². The molecule has 0 amide bonds. The van der Waals surface area contributed by atoms with Crippen molar-refractivity contribution in [3.63, 3.8) is 0 Å². The Hall–Kier alpha value is -1.17. The molecular weight excluding hydrogens is 228 g/mol. The molecule has 1 aromatic heterocycles. The van der Waals surface area contributed by atoms with Crippen LogP contribution in [0.1, 0.15) is 29.4 Å². The highest BCUT2D eigenvalue weighted by molar-refractivity contribution is 7.99. The predicted octanol–water partition coefficient (Wildman–Crippen LogP) is 1.66. The van der Waals surface area contributed by atoms with E-state index in [-0.39, 0.29) is 11.7 Å². The fraction of sp³-hybridized carbons (Fsp3) is 0.600. The molecule has 6 heteroatoms. The van der Waals surface area contributed by atoms with Crippen LogP contribution in [0.5, 0.6) is 5.75 Å². The molecular formula is C10H14N2O3S. The Balaban J connectivity index is 2.32. The highest BCUT2D eigenvalue weighted by atomic mass is 32.2. The lowest BCUT2D eigenvalue weighted by atomic mass is 10.1. The smallest absolute Gasteiger partial charge is 0.358 e. The highest BCUT2D eigenvalue weighted by Gasteiger charge is 2.25. The minimum atomic E-state index is -0.979. The summed E-state index contributed by atoms with van der Waals surface area (Å²) in [7, 11) is 1.46. The third-order valence-electron chi connectivity index (χ3n) is 2.72. The van der Waals surface area contributed by atoms with Crippen LogP contribution in [0.4, 0.5) is 0 Å². The number of carboxylic acids is 1. The van der Waals surface area contributed by atoms with Crippen LogP contribution in [-0.2, 0) is 0 Å². The monoisotopic (exact) mass is 242 g/mol. The molecule has 0 radical (unpaired) electrons. The van der Waals surface area contributed by atoms with E-state index in [2.05, 4.69) is 5.10 Å². The molecule has 0 unspecified atom stereocenters. The minimum absolute atomic E-state index is 0.166. The summed E-state index contributed by atoms with van der Waals surface area (Å²) in [4.78, 5) is 11.2. The van der Waals surface area contributed by atoms with E-state index >= 15 is 0 Å². The number of nitrogens with zero attached hydrogens (tertiary/aromatic N) is 2. The number of carbonyl (C=O) groups is 1. The summed E-state index contributed by atoms with van der Waals surface area (Å²) in [6.45, 7) is 0. The molecule has 5 nitrogen and oxygen atoms in total. The fourth-order valence-corrected chi connectivity index (χ4v) is 2.99. The molecule has 1 aliphatic heterocycles. The van der Waals surface area contributed by atoms with Crippen molar-refractivity contribution in [2.75, 3.05) is 18.6 Å². The lowest BCUT2D eigenvalue weighted by Crippen LogP contribution is -2.20. The van der Waals surface area contributed by atoms with Crippen LogP contribution in [0.25, 0.3) is 0 Å². The number of hydrogen-bond donors (Lipinski definition) is 1. The summed E-state index contributed by atoms with van der Waals surface area (Å²) in [5, 5.41) is 13.3. The van der Waals surface area contributed by atoms with E-state index in [1.54, 1.807) is 4.68 Å². The van der Waals surface area contributed by atoms with Crippen molar-refractivity contribution in [3.05, 3.63) is 11.9 Å². The van der Waals surface area contributed by atoms with Gasteiger partial charge in [-0.3, -0.25) is 4.68 Å². The normalized spacial score (nSPS) is 17.3. The number of carboxylic acid groups (broad SMARTS) is 1. The molecule has 2 rings (SSSR count). The second kappa shape index (κ2) is 4.78. The average Bonchev–Trinajstić information content (AvgIpc) is 2.73. The molecule has 16 heavy (non-hydrogen) atoms. The Morgan fingerprint density at radius 3 is 2.88 bits per heavy atom. The average molecular weight is 242 g/mol. The Kier molecular flexibility index (Phi) is 3.38. The van der Waals surface area contributed by atoms with Crippen molar-refractivity contribution in [1.29, 1.82) is 0 Å². The molecule has 0 bridgehead atoms. The molecule has 0 aromatic carbocycles. The molecule has 0 atom stereocenters. The standard InChI is InChI=1S/C10H14N2O3S/c1-15-8-6-11-12(9(8)10(13)14)7-2-4-16-5-3-7/h6-7H,2-5H2,1H3,(H,13,14). The summed E-state index contributed by atoms with van der Waals surface area (Å²) in [5.74, 6) is 1.48. The van der Waals surface area contributed by atoms with Gasteiger partial charge < -0.3 is 9.84 Å². The fourth-order valence-electron chi connectivity index (χ4n) is 1.91. The van der Waals surface area contributed by atoms with Gasteiger partial charge in [0.05, 0.1) is 19.3 Å². The molecule has 0 saturated carbocycles. The highest BCUT2D eigenvalue weighted by Crippen LogP contribution is 2.30. The Bertz CT molecular complexity index is 385. The third kappa shape index (κ3) is 2.02. The van der Waals surface area contributed by atoms with E-state index in [4.69, 9.17) is 9.84 Å². The van der Waals surface area contributed by atoms with Gasteiger partial charge in [0.1, 0.15) is 0 Å². The van der Waals surface area contributed by atoms with E-state index in [0.29, 0.717) is 5.75 Å². The molecule has 1 aromatic rings. The van der Waals surface area contributed by atoms with E-state index in [0.717, 1.165) is 24.3 Å². The Labute approximate surface area is 97.8 Å². The molecule has 2 heterocycles. The zero-order valence-corrected chi connectivity index (χ0v) is 9.87. The molecule has 0 spiro atoms. The number of thioether (sulfide) groups is 1. The van der Waals surface area contributed by atoms with Gasteiger partial charge in [-0.05, 0) is 24.3 Å². The quantitative estimate of drug-likeness (QED) is 0.873. The van der Waals surface area contributed by atoms with Gasteiger partial charge in [0, 0.05) is 0 Å². The van der Waals surface area contributed by atoms with Crippen LogP contribution in [0.15, 0.2) is 6.20 Å². The van der Waals surface area contributed by atoms with Crippen LogP contribution < -0.4 is 4.74 Å². The number of ether oxygens (including phenoxy) is 1. The summed E-state index contributed by atoms with van der Waals surface area (Å²) < 4.78 is 6.61. The maximum absolute atomic E-state index is 11.2. The second-order valence-electron chi connectivity index (χ2n) is 3.65. The van der Waals surface area contributed by atoms with E-state index < -0.39 is 5.97 Å². The largest absolute Gasteiger partial charge is 0.493 e. The first kappa shape index (κ1) is 11.3. The summed E-state index contributed by atoms with van der Waals surface area (Å²) in [5.41, 5.74) is 0.166. The number of aromatic carboxylic acids is 1. The van der Waals surface area contributed by atoms with E-state index in [1.165, 1.54) is 13.3 Å². The van der Waals surface area contributed by atoms with Crippen LogP contribution in [-0.4, -0.2) is 39.5 Å². The van der Waals surface area contributed by atoms with Gasteiger partial charge in [-0.1, -0.05) is 0 Å². The number of aromatic nitrogens is 2. The zero-order valence-electron chi connectivity index (χ0n) is 9.05. The van der Waals surface area contributed by atoms with Gasteiger partial charge >= 0.3 is 5.97 Å². The van der Waals surface area contributed by atoms with Crippen molar-refractivity contribution in [2.45, 2.75) is 18.9 Å². The molecule has 1 saturated heterocycles. The maximum atomic E-state index is 11.2. The minimum Gasteiger partial charge on any atom is -0.493 e. The number of methoxy groups -OCH3 is 1. The zero-order chi connectivity index (χ0) is 11.5. The summed E-state index contributed by atoms with van der Waals surface area (Å²) in [6, 6.07) is 0.191. The second-order valence-corrected chi connectivity index (χ2v) is 4.88. The van der Waals surface area contributed by atoms with Crippen LogP contribution in [0.2, 0.25) is 0 Å². The molecule has 0 aliphatic carbocycles. The number of rotatable bonds is 3. The first-order chi connectivity index (χ1) is 7.74. The van der Waals surface area contributed by atoms with Gasteiger partial charge in [-0.25, -0.2) is 4.79 Å². The van der Waals surface area contributed by atoms with Gasteiger partial charge in [-0.2, -0.15) is 16.9 Å². The first-order valence-corrected chi connectivity index (χ1v) is 6.32. The molecule has 1 fully saturated rings. The topological polar surface area (TPSA) is 64.4 Å². The maximum Gasteiger partial charge on any atom is 0.358 e. The lowest BCUT2D eigenvalue weighted by Gasteiger charge is -2.22. The molecule has 88 valence electrons. The Morgan fingerprint density at radius 2 is 2.31 bits per heavy atom. The van der Waals surface area contributed by atoms with E-state index in [1.807, 2.05) is 11.8 Å². The molecule has 1 aliphatic rings. The third-order valence-corrected chi connectivity index (χ3v) is 3.77. The van der Waals surface area contributed by atoms with Crippen molar-refractivity contribution < 1.29 is 14.6 Å². The van der Waals surface area contributed by atoms with Crippen molar-refractivity contribution in [3.8, 4) is 5.75 Å². The van der Waals surface area contributed by atoms with Crippen LogP contribution in [0, 0.1) is 0 Å². The first-order valence-electron chi connectivity index (χ1n) is 5.16. The van der Waals surface area contributed by atoms with Gasteiger partial charge in [-0.15, -0.1) is 0 Å². The van der Waals surface area contributed by atoms with Crippen molar-refractivity contribution in [1.82, 2.24) is 9.78 Å². The Morgan fingerprint density at radius 1 is 1.62 bits per heavy atom. The number of hydrogen-bond acceptors (Lipinski definition) is 4. The van der Waals surface area contributed by atoms with Gasteiger partial charge in [0.2, 0.25) is 0 Å². The SMILES string of the molecule is COc1cnn(C2CCSCC2)c1C(=O)O.